The van der Waals surface area contributed by atoms with Gasteiger partial charge < -0.3 is 10.6 Å². The lowest BCUT2D eigenvalue weighted by molar-refractivity contribution is 0.763. The third-order valence-corrected chi connectivity index (χ3v) is 10.6. The molecule has 0 aromatic heterocycles. The van der Waals surface area contributed by atoms with Crippen LogP contribution < -0.4 is 10.6 Å². The first-order valence-corrected chi connectivity index (χ1v) is 18.0. The van der Waals surface area contributed by atoms with Gasteiger partial charge in [0.1, 0.15) is 0 Å². The van der Waals surface area contributed by atoms with E-state index in [4.69, 9.17) is 0 Å². The lowest BCUT2D eigenvalue weighted by Gasteiger charge is -2.29. The molecule has 0 saturated heterocycles. The van der Waals surface area contributed by atoms with Gasteiger partial charge in [0.05, 0.1) is 6.04 Å². The molecule has 242 valence electrons. The standard InChI is InChI=1S/C48H40N2/c1-2-13-33(14-3-1)34-25-28-38(29-26-34)49-46-23-10-8-20-41(46)36-17-12-18-39(31-36)50-47-24-11-9-22-43(47)45-32-37-16-5-6-19-40(37)44-30-27-35-15-4-7-21-42(35)48(44)45/h1-2,4-13,15-25,27-28,30-32,43,47,49-50H,3,14,26,29H2. The molecule has 0 saturated carbocycles. The first-order chi connectivity index (χ1) is 24.8. The number of rotatable bonds is 7. The molecule has 2 unspecified atom stereocenters. The van der Waals surface area contributed by atoms with Gasteiger partial charge in [0.15, 0.2) is 0 Å². The van der Waals surface area contributed by atoms with Crippen molar-refractivity contribution in [2.75, 3.05) is 10.6 Å². The van der Waals surface area contributed by atoms with E-state index < -0.39 is 0 Å². The predicted molar refractivity (Wildman–Crippen MR) is 215 cm³/mol. The highest BCUT2D eigenvalue weighted by atomic mass is 14.9. The van der Waals surface area contributed by atoms with Gasteiger partial charge in [-0.15, -0.1) is 0 Å². The maximum atomic E-state index is 3.95. The number of nitrogens with one attached hydrogen (secondary N) is 2. The molecule has 6 aromatic carbocycles. The fourth-order valence-electron chi connectivity index (χ4n) is 8.08. The Morgan fingerprint density at radius 1 is 0.560 bits per heavy atom. The fourth-order valence-corrected chi connectivity index (χ4v) is 8.08. The summed E-state index contributed by atoms with van der Waals surface area (Å²) >= 11 is 0. The lowest BCUT2D eigenvalue weighted by atomic mass is 9.82. The van der Waals surface area contributed by atoms with Crippen LogP contribution in [-0.2, 0) is 0 Å². The molecule has 2 heteroatoms. The van der Waals surface area contributed by atoms with Crippen LogP contribution in [0.25, 0.3) is 43.4 Å². The number of para-hydroxylation sites is 1. The minimum absolute atomic E-state index is 0.0927. The molecule has 3 aliphatic carbocycles. The van der Waals surface area contributed by atoms with Gasteiger partial charge in [-0.1, -0.05) is 140 Å². The van der Waals surface area contributed by atoms with Crippen LogP contribution in [0.3, 0.4) is 0 Å². The van der Waals surface area contributed by atoms with Crippen molar-refractivity contribution in [1.82, 2.24) is 0 Å². The van der Waals surface area contributed by atoms with Crippen LogP contribution >= 0.6 is 0 Å². The van der Waals surface area contributed by atoms with Crippen molar-refractivity contribution in [2.24, 2.45) is 0 Å². The summed E-state index contributed by atoms with van der Waals surface area (Å²) in [4.78, 5) is 0. The smallest absolute Gasteiger partial charge is 0.0551 e. The van der Waals surface area contributed by atoms with Crippen LogP contribution in [0.5, 0.6) is 0 Å². The molecule has 0 amide bonds. The van der Waals surface area contributed by atoms with Crippen LogP contribution in [0.2, 0.25) is 0 Å². The van der Waals surface area contributed by atoms with Gasteiger partial charge in [0.2, 0.25) is 0 Å². The minimum Gasteiger partial charge on any atom is -0.378 e. The number of hydrogen-bond acceptors (Lipinski definition) is 2. The average Bonchev–Trinajstić information content (AvgIpc) is 3.18. The van der Waals surface area contributed by atoms with Gasteiger partial charge in [-0.3, -0.25) is 0 Å². The summed E-state index contributed by atoms with van der Waals surface area (Å²) in [6, 6.07) is 42.3. The van der Waals surface area contributed by atoms with E-state index in [1.807, 2.05) is 0 Å². The van der Waals surface area contributed by atoms with E-state index in [-0.39, 0.29) is 12.0 Å². The Labute approximate surface area is 294 Å². The molecule has 3 aliphatic rings. The van der Waals surface area contributed by atoms with E-state index >= 15 is 0 Å². The molecule has 50 heavy (non-hydrogen) atoms. The van der Waals surface area contributed by atoms with Gasteiger partial charge in [-0.25, -0.2) is 0 Å². The molecule has 0 radical (unpaired) electrons. The topological polar surface area (TPSA) is 24.1 Å². The molecular formula is C48H40N2. The highest BCUT2D eigenvalue weighted by Crippen LogP contribution is 2.41. The van der Waals surface area contributed by atoms with Crippen molar-refractivity contribution in [3.8, 4) is 11.1 Å². The van der Waals surface area contributed by atoms with E-state index in [1.54, 1.807) is 0 Å². The first-order valence-electron chi connectivity index (χ1n) is 18.0. The lowest BCUT2D eigenvalue weighted by Crippen LogP contribution is -2.26. The molecule has 2 atom stereocenters. The molecule has 0 aliphatic heterocycles. The first kappa shape index (κ1) is 30.2. The second-order valence-electron chi connectivity index (χ2n) is 13.7. The Balaban J connectivity index is 1.03. The highest BCUT2D eigenvalue weighted by molar-refractivity contribution is 6.19. The van der Waals surface area contributed by atoms with E-state index in [0.29, 0.717) is 0 Å². The molecule has 0 fully saturated rings. The van der Waals surface area contributed by atoms with Gasteiger partial charge >= 0.3 is 0 Å². The van der Waals surface area contributed by atoms with Crippen LogP contribution in [0, 0.1) is 0 Å². The van der Waals surface area contributed by atoms with Crippen LogP contribution in [0.1, 0.15) is 37.2 Å². The minimum atomic E-state index is 0.0927. The third-order valence-electron chi connectivity index (χ3n) is 10.6. The maximum Gasteiger partial charge on any atom is 0.0551 e. The van der Waals surface area contributed by atoms with E-state index in [2.05, 4.69) is 181 Å². The van der Waals surface area contributed by atoms with Gasteiger partial charge in [-0.2, -0.15) is 0 Å². The number of benzene rings is 6. The second kappa shape index (κ2) is 13.2. The number of hydrogen-bond donors (Lipinski definition) is 2. The van der Waals surface area contributed by atoms with Crippen LogP contribution in [0.15, 0.2) is 187 Å². The zero-order chi connectivity index (χ0) is 33.3. The molecule has 9 rings (SSSR count). The Hall–Kier alpha value is -5.86. The Morgan fingerprint density at radius 2 is 1.38 bits per heavy atom. The van der Waals surface area contributed by atoms with Crippen molar-refractivity contribution in [3.05, 3.63) is 192 Å². The molecule has 2 N–H and O–H groups in total. The molecule has 0 bridgehead atoms. The summed E-state index contributed by atoms with van der Waals surface area (Å²) in [7, 11) is 0. The van der Waals surface area contributed by atoms with E-state index in [9.17, 15) is 0 Å². The second-order valence-corrected chi connectivity index (χ2v) is 13.7. The molecular weight excluding hydrogens is 605 g/mol. The third kappa shape index (κ3) is 5.77. The molecule has 0 spiro atoms. The number of fused-ring (bicyclic) bond motifs is 5. The van der Waals surface area contributed by atoms with Crippen molar-refractivity contribution in [1.29, 1.82) is 0 Å². The van der Waals surface area contributed by atoms with Crippen molar-refractivity contribution >= 4 is 43.7 Å². The Bertz CT molecular complexity index is 2450. The largest absolute Gasteiger partial charge is 0.378 e. The summed E-state index contributed by atoms with van der Waals surface area (Å²) in [6.07, 6.45) is 24.8. The van der Waals surface area contributed by atoms with Crippen molar-refractivity contribution in [3.63, 3.8) is 0 Å². The summed E-state index contributed by atoms with van der Waals surface area (Å²) in [6.45, 7) is 0. The predicted octanol–water partition coefficient (Wildman–Crippen LogP) is 12.8. The van der Waals surface area contributed by atoms with E-state index in [1.165, 1.54) is 65.9 Å². The Kier molecular flexibility index (Phi) is 7.99. The normalized spacial score (nSPS) is 18.6. The highest BCUT2D eigenvalue weighted by Gasteiger charge is 2.24. The Morgan fingerprint density at radius 3 is 2.26 bits per heavy atom. The maximum absolute atomic E-state index is 3.95. The van der Waals surface area contributed by atoms with Crippen LogP contribution in [-0.4, -0.2) is 6.04 Å². The summed E-state index contributed by atoms with van der Waals surface area (Å²) in [5.41, 5.74) is 10.2. The number of allylic oxidation sites excluding steroid dienone is 10. The average molecular weight is 645 g/mol. The SMILES string of the molecule is C1=CCCC(C2=CC=C(Nc3ccccc3-c3cccc(NC4C=CC=CC4c4cc5ccccc5c5ccc6ccccc6c45)c3)CC2)=C1. The van der Waals surface area contributed by atoms with Gasteiger partial charge in [0.25, 0.3) is 0 Å². The quantitative estimate of drug-likeness (QED) is 0.169. The monoisotopic (exact) mass is 644 g/mol. The van der Waals surface area contributed by atoms with Gasteiger partial charge in [0, 0.05) is 28.6 Å². The molecule has 6 aromatic rings. The zero-order valence-corrected chi connectivity index (χ0v) is 28.1. The van der Waals surface area contributed by atoms with Crippen molar-refractivity contribution < 1.29 is 0 Å². The zero-order valence-electron chi connectivity index (χ0n) is 28.1. The summed E-state index contributed by atoms with van der Waals surface area (Å²) in [5, 5.41) is 15.6. The van der Waals surface area contributed by atoms with Crippen molar-refractivity contribution in [2.45, 2.75) is 37.6 Å². The summed E-state index contributed by atoms with van der Waals surface area (Å²) in [5.74, 6) is 0.159. The fraction of sp³-hybridized carbons (Fsp3) is 0.125. The molecule has 2 nitrogen and oxygen atoms in total. The van der Waals surface area contributed by atoms with Gasteiger partial charge in [-0.05, 0) is 111 Å². The summed E-state index contributed by atoms with van der Waals surface area (Å²) < 4.78 is 0. The number of anilines is 2. The van der Waals surface area contributed by atoms with Crippen LogP contribution in [0.4, 0.5) is 11.4 Å². The van der Waals surface area contributed by atoms with E-state index in [0.717, 1.165) is 37.1 Å². The molecule has 0 heterocycles.